The summed E-state index contributed by atoms with van der Waals surface area (Å²) in [4.78, 5) is 67.2. The molecule has 7 aromatic rings. The van der Waals surface area contributed by atoms with Crippen LogP contribution in [-0.2, 0) is 41.9 Å². The molecule has 0 aliphatic carbocycles. The number of nitrogens with one attached hydrogen (secondary N) is 2. The van der Waals surface area contributed by atoms with Gasteiger partial charge in [0, 0.05) is 57.8 Å². The number of aryl methyl sites for hydroxylation is 2. The van der Waals surface area contributed by atoms with Gasteiger partial charge in [-0.2, -0.15) is 0 Å². The Morgan fingerprint density at radius 1 is 0.600 bits per heavy atom. The fourth-order valence-electron chi connectivity index (χ4n) is 9.11. The van der Waals surface area contributed by atoms with E-state index in [2.05, 4.69) is 48.2 Å². The highest BCUT2D eigenvalue weighted by atomic mass is 32.1. The summed E-state index contributed by atoms with van der Waals surface area (Å²) < 4.78 is 28.9. The first-order valence-corrected chi connectivity index (χ1v) is 26.9. The molecule has 17 heteroatoms. The van der Waals surface area contributed by atoms with Gasteiger partial charge in [0.2, 0.25) is 0 Å². The molecule has 10 rings (SSSR count). The molecule has 0 atom stereocenters. The molecule has 0 unspecified atom stereocenters. The molecular formula is C58H62N4O11S2. The number of benzene rings is 5. The maximum Gasteiger partial charge on any atom is 0.337 e. The van der Waals surface area contributed by atoms with Gasteiger partial charge >= 0.3 is 11.9 Å². The average Bonchev–Trinajstić information content (AvgIpc) is 3.66. The number of fused-ring (bicyclic) bond motifs is 5. The third kappa shape index (κ3) is 12.8. The molecule has 3 aliphatic heterocycles. The first-order chi connectivity index (χ1) is 36.5. The van der Waals surface area contributed by atoms with Crippen LogP contribution in [0.3, 0.4) is 0 Å². The van der Waals surface area contributed by atoms with Crippen molar-refractivity contribution in [2.24, 2.45) is 0 Å². The molecule has 0 radical (unpaired) electrons. The summed E-state index contributed by atoms with van der Waals surface area (Å²) in [5, 5.41) is 14.4. The Morgan fingerprint density at radius 2 is 1.04 bits per heavy atom. The molecule has 392 valence electrons. The van der Waals surface area contributed by atoms with Crippen molar-refractivity contribution in [1.82, 2.24) is 20.6 Å². The fraction of sp³-hybridized carbons (Fsp3) is 0.328. The second-order valence-corrected chi connectivity index (χ2v) is 20.2. The lowest BCUT2D eigenvalue weighted by Crippen LogP contribution is -2.32. The molecule has 0 saturated heterocycles. The summed E-state index contributed by atoms with van der Waals surface area (Å²) in [6.07, 6.45) is 6.07. The zero-order chi connectivity index (χ0) is 52.8. The number of methoxy groups -OCH3 is 2. The number of esters is 2. The van der Waals surface area contributed by atoms with Crippen LogP contribution < -0.4 is 25.0 Å². The van der Waals surface area contributed by atoms with Gasteiger partial charge in [0.05, 0.1) is 48.2 Å². The van der Waals surface area contributed by atoms with E-state index >= 15 is 0 Å². The molecular weight excluding hydrogens is 993 g/mol. The quantitative estimate of drug-likeness (QED) is 0.0634. The van der Waals surface area contributed by atoms with Crippen molar-refractivity contribution in [3.63, 3.8) is 0 Å². The lowest BCUT2D eigenvalue weighted by molar-refractivity contribution is 0.0591. The van der Waals surface area contributed by atoms with Crippen molar-refractivity contribution in [3.8, 4) is 17.2 Å². The van der Waals surface area contributed by atoms with Crippen molar-refractivity contribution in [3.05, 3.63) is 157 Å². The normalized spacial score (nSPS) is 13.7. The van der Waals surface area contributed by atoms with E-state index in [4.69, 9.17) is 24.2 Å². The van der Waals surface area contributed by atoms with Crippen LogP contribution in [0.25, 0.3) is 20.2 Å². The monoisotopic (exact) mass is 1050 g/mol. The molecule has 75 heavy (non-hydrogen) atoms. The summed E-state index contributed by atoms with van der Waals surface area (Å²) in [6, 6.07) is 32.1. The molecule has 3 amide bonds. The van der Waals surface area contributed by atoms with Crippen LogP contribution in [0.15, 0.2) is 103 Å². The van der Waals surface area contributed by atoms with E-state index in [1.165, 1.54) is 25.0 Å². The van der Waals surface area contributed by atoms with Crippen LogP contribution >= 0.6 is 22.7 Å². The van der Waals surface area contributed by atoms with Gasteiger partial charge in [-0.25, -0.2) is 15.1 Å². The summed E-state index contributed by atoms with van der Waals surface area (Å²) in [5.74, 6) is 0.715. The molecule has 3 N–H and O–H groups in total. The molecule has 15 nitrogen and oxygen atoms in total. The number of unbranched alkanes of at least 4 members (excludes halogenated alkanes) is 2. The van der Waals surface area contributed by atoms with E-state index in [9.17, 15) is 24.0 Å². The number of nitrogens with zero attached hydrogens (tertiary/aromatic N) is 2. The third-order valence-corrected chi connectivity index (χ3v) is 15.5. The van der Waals surface area contributed by atoms with Crippen LogP contribution in [0.4, 0.5) is 0 Å². The number of amides is 3. The lowest BCUT2D eigenvalue weighted by Gasteiger charge is -2.20. The average molecular weight is 1060 g/mol. The zero-order valence-corrected chi connectivity index (χ0v) is 44.3. The molecule has 0 fully saturated rings. The minimum absolute atomic E-state index is 0.0240. The Hall–Kier alpha value is -7.31. The van der Waals surface area contributed by atoms with Gasteiger partial charge in [0.25, 0.3) is 17.7 Å². The number of rotatable bonds is 11. The fourth-order valence-corrected chi connectivity index (χ4v) is 11.5. The Bertz CT molecular complexity index is 3010. The molecule has 3 aliphatic rings. The van der Waals surface area contributed by atoms with Crippen molar-refractivity contribution < 1.29 is 52.9 Å². The minimum atomic E-state index is -0.593. The molecule has 5 heterocycles. The number of hydrogen-bond acceptors (Lipinski definition) is 14. The number of ether oxygens (including phenoxy) is 5. The highest BCUT2D eigenvalue weighted by Crippen LogP contribution is 2.37. The van der Waals surface area contributed by atoms with Gasteiger partial charge in [-0.3, -0.25) is 19.6 Å². The Labute approximate surface area is 444 Å². The summed E-state index contributed by atoms with van der Waals surface area (Å²) in [5.41, 5.74) is 8.02. The number of hydrogen-bond donors (Lipinski definition) is 3. The molecule has 0 spiro atoms. The minimum Gasteiger partial charge on any atom is -0.492 e. The van der Waals surface area contributed by atoms with Gasteiger partial charge in [-0.1, -0.05) is 81.3 Å². The highest BCUT2D eigenvalue weighted by Gasteiger charge is 2.28. The predicted molar refractivity (Wildman–Crippen MR) is 290 cm³/mol. The molecule has 2 aromatic heterocycles. The van der Waals surface area contributed by atoms with E-state index < -0.39 is 11.9 Å². The Kier molecular flexibility index (Phi) is 18.5. The largest absolute Gasteiger partial charge is 0.492 e. The van der Waals surface area contributed by atoms with Gasteiger partial charge in [-0.15, -0.1) is 22.7 Å². The number of carbonyl (C=O) groups excluding carboxylic acids is 5. The number of carbonyl (C=O) groups is 5. The van der Waals surface area contributed by atoms with E-state index in [1.807, 2.05) is 46.2 Å². The van der Waals surface area contributed by atoms with Gasteiger partial charge in [0.15, 0.2) is 0 Å². The first kappa shape index (κ1) is 54.0. The van der Waals surface area contributed by atoms with E-state index in [-0.39, 0.29) is 17.8 Å². The van der Waals surface area contributed by atoms with E-state index in [1.54, 1.807) is 70.6 Å². The standard InChI is InChI=1S/C24H25NO4S.C23H24N2O4S.C11H13NO3/c1-3-4-7-19-18-8-5-6-9-21(18)30-22(19)23(26)25-12-13-29-20-14-16(24(27)28-2)10-11-17(20)15-25;1-2-3-6-18-17-7-4-5-8-20(17)30-21(18)23(27)25-11-12-29-19-13-15(22(26)24-28)9-10-16(19)14-25;1-14-11(13)8-2-3-9-7-12-4-5-15-10(9)6-8/h5-6,8-11,14H,3-4,7,12-13,15H2,1-2H3;4-5,7-10,13,28H,2-3,6,11-12,14H2,1H3,(H,24,26);2-3,6,12H,4-5,7H2,1H3. The van der Waals surface area contributed by atoms with Crippen LogP contribution in [-0.4, -0.2) is 98.3 Å². The van der Waals surface area contributed by atoms with E-state index in [0.29, 0.717) is 74.2 Å². The van der Waals surface area contributed by atoms with Crippen molar-refractivity contribution in [1.29, 1.82) is 0 Å². The van der Waals surface area contributed by atoms with Crippen molar-refractivity contribution in [2.45, 2.75) is 72.0 Å². The number of thiophene rings is 2. The SMILES string of the molecule is CCCCc1c(C(=O)N2CCOc3cc(C(=O)NO)ccc3C2)sc2ccccc12.CCCCc1c(C(=O)N2CCOc3cc(C(=O)OC)ccc3C2)sc2ccccc12.COC(=O)c1ccc2c(c1)OCCNC2. The third-order valence-electron chi connectivity index (χ3n) is 13.1. The summed E-state index contributed by atoms with van der Waals surface area (Å²) >= 11 is 3.14. The summed E-state index contributed by atoms with van der Waals surface area (Å²) in [6.45, 7) is 9.12. The second kappa shape index (κ2) is 25.8. The first-order valence-electron chi connectivity index (χ1n) is 25.2. The van der Waals surface area contributed by atoms with E-state index in [0.717, 1.165) is 104 Å². The van der Waals surface area contributed by atoms with Crippen LogP contribution in [0.2, 0.25) is 0 Å². The molecule has 0 bridgehead atoms. The molecule has 0 saturated carbocycles. The predicted octanol–water partition coefficient (Wildman–Crippen LogP) is 10.4. The maximum absolute atomic E-state index is 13.5. The maximum atomic E-state index is 13.5. The lowest BCUT2D eigenvalue weighted by atomic mass is 10.0. The summed E-state index contributed by atoms with van der Waals surface area (Å²) in [7, 11) is 2.73. The zero-order valence-electron chi connectivity index (χ0n) is 42.7. The van der Waals surface area contributed by atoms with Crippen molar-refractivity contribution in [2.75, 3.05) is 53.7 Å². The van der Waals surface area contributed by atoms with Crippen LogP contribution in [0, 0.1) is 0 Å². The second-order valence-electron chi connectivity index (χ2n) is 18.1. The van der Waals surface area contributed by atoms with Crippen LogP contribution in [0.1, 0.15) is 118 Å². The Morgan fingerprint density at radius 3 is 1.52 bits per heavy atom. The Balaban J connectivity index is 0.000000158. The van der Waals surface area contributed by atoms with Crippen LogP contribution in [0.5, 0.6) is 17.2 Å². The van der Waals surface area contributed by atoms with Gasteiger partial charge < -0.3 is 38.8 Å². The smallest absolute Gasteiger partial charge is 0.337 e. The topological polar surface area (TPSA) is 182 Å². The molecule has 5 aromatic carbocycles. The van der Waals surface area contributed by atoms with Gasteiger partial charge in [-0.05, 0) is 96.1 Å². The number of hydroxylamine groups is 1. The van der Waals surface area contributed by atoms with Crippen molar-refractivity contribution >= 4 is 72.5 Å². The highest BCUT2D eigenvalue weighted by molar-refractivity contribution is 7.21. The van der Waals surface area contributed by atoms with Gasteiger partial charge in [0.1, 0.15) is 37.1 Å².